The zero-order valence-corrected chi connectivity index (χ0v) is 23.2. The van der Waals surface area contributed by atoms with Crippen LogP contribution in [0.1, 0.15) is 39.7 Å². The van der Waals surface area contributed by atoms with Crippen molar-refractivity contribution in [1.29, 1.82) is 0 Å². The molecule has 4 rings (SSSR count). The number of ether oxygens (including phenoxy) is 2. The molecule has 1 unspecified atom stereocenters. The van der Waals surface area contributed by atoms with Crippen molar-refractivity contribution in [3.05, 3.63) is 76.3 Å². The lowest BCUT2D eigenvalue weighted by atomic mass is 9.94. The molecule has 39 heavy (non-hydrogen) atoms. The number of aromatic nitrogens is 1. The third-order valence-electron chi connectivity index (χ3n) is 6.44. The van der Waals surface area contributed by atoms with Crippen LogP contribution in [0.3, 0.4) is 0 Å². The molecule has 10 nitrogen and oxygen atoms in total. The van der Waals surface area contributed by atoms with E-state index >= 15 is 0 Å². The van der Waals surface area contributed by atoms with Gasteiger partial charge < -0.3 is 24.5 Å². The highest BCUT2D eigenvalue weighted by Gasteiger charge is 2.51. The molecule has 0 saturated heterocycles. The van der Waals surface area contributed by atoms with Crippen LogP contribution in [0.25, 0.3) is 10.9 Å². The number of rotatable bonds is 9. The monoisotopic (exact) mass is 555 g/mol. The van der Waals surface area contributed by atoms with Gasteiger partial charge in [0.05, 0.1) is 30.5 Å². The third kappa shape index (κ3) is 5.24. The van der Waals surface area contributed by atoms with E-state index in [-0.39, 0.29) is 41.0 Å². The van der Waals surface area contributed by atoms with Crippen LogP contribution in [0.15, 0.2) is 70.1 Å². The lowest BCUT2D eigenvalue weighted by Gasteiger charge is -2.41. The summed E-state index contributed by atoms with van der Waals surface area (Å²) in [5.74, 6) is -1.23. The first kappa shape index (κ1) is 28.2. The molecule has 1 aliphatic heterocycles. The van der Waals surface area contributed by atoms with Crippen molar-refractivity contribution in [3.8, 4) is 5.75 Å². The van der Waals surface area contributed by atoms with E-state index in [1.165, 1.54) is 16.7 Å². The number of carbonyl (C=O) groups excluding carboxylic acids is 1. The van der Waals surface area contributed by atoms with Crippen molar-refractivity contribution in [2.45, 2.75) is 51.2 Å². The van der Waals surface area contributed by atoms with Gasteiger partial charge in [-0.25, -0.2) is 13.2 Å². The second kappa shape index (κ2) is 11.1. The molecule has 1 aliphatic rings. The van der Waals surface area contributed by atoms with Crippen molar-refractivity contribution < 1.29 is 27.8 Å². The Morgan fingerprint density at radius 1 is 1.08 bits per heavy atom. The number of aryl methyl sites for hydroxylation is 1. The van der Waals surface area contributed by atoms with Gasteiger partial charge in [-0.15, -0.1) is 0 Å². The van der Waals surface area contributed by atoms with Gasteiger partial charge in [0.15, 0.2) is 5.66 Å². The van der Waals surface area contributed by atoms with Crippen molar-refractivity contribution in [2.75, 3.05) is 18.5 Å². The van der Waals surface area contributed by atoms with E-state index in [0.29, 0.717) is 23.9 Å². The zero-order chi connectivity index (χ0) is 28.4. The molecular formula is C28H33N3O7S. The van der Waals surface area contributed by atoms with Gasteiger partial charge in [0.2, 0.25) is 10.0 Å². The molecule has 0 saturated carbocycles. The molecule has 3 aromatic rings. The van der Waals surface area contributed by atoms with Gasteiger partial charge in [-0.05, 0) is 50.5 Å². The number of hydrogen-bond donors (Lipinski definition) is 3. The van der Waals surface area contributed by atoms with E-state index in [2.05, 4.69) is 10.0 Å². The fourth-order valence-corrected chi connectivity index (χ4v) is 6.11. The number of esters is 1. The Labute approximate surface area is 227 Å². The van der Waals surface area contributed by atoms with Gasteiger partial charge in [-0.3, -0.25) is 4.79 Å². The molecule has 0 spiro atoms. The molecule has 0 bridgehead atoms. The van der Waals surface area contributed by atoms with Gasteiger partial charge in [-0.2, -0.15) is 4.72 Å². The molecule has 1 aromatic heterocycles. The molecule has 208 valence electrons. The van der Waals surface area contributed by atoms with E-state index in [4.69, 9.17) is 9.47 Å². The number of nitrogens with one attached hydrogen (secondary N) is 2. The molecule has 0 fully saturated rings. The summed E-state index contributed by atoms with van der Waals surface area (Å²) < 4.78 is 42.2. The van der Waals surface area contributed by atoms with Crippen LogP contribution < -0.4 is 15.6 Å². The van der Waals surface area contributed by atoms with Crippen LogP contribution in [0.4, 0.5) is 5.69 Å². The molecule has 2 aromatic carbocycles. The van der Waals surface area contributed by atoms with E-state index in [9.17, 15) is 23.1 Å². The fourth-order valence-electron chi connectivity index (χ4n) is 4.68. The Balaban J connectivity index is 2.14. The Bertz CT molecular complexity index is 1590. The first-order valence-corrected chi connectivity index (χ1v) is 14.3. The van der Waals surface area contributed by atoms with Crippen LogP contribution in [-0.4, -0.2) is 37.3 Å². The molecular weight excluding hydrogens is 522 g/mol. The van der Waals surface area contributed by atoms with Crippen molar-refractivity contribution in [3.63, 3.8) is 0 Å². The minimum atomic E-state index is -4.28. The van der Waals surface area contributed by atoms with Crippen LogP contribution in [0.5, 0.6) is 5.75 Å². The normalized spacial score (nSPS) is 18.4. The van der Waals surface area contributed by atoms with Gasteiger partial charge in [-0.1, -0.05) is 38.1 Å². The van der Waals surface area contributed by atoms with Gasteiger partial charge in [0.1, 0.15) is 22.0 Å². The number of anilines is 1. The van der Waals surface area contributed by atoms with E-state index in [1.54, 1.807) is 50.2 Å². The lowest BCUT2D eigenvalue weighted by molar-refractivity contribution is -0.137. The summed E-state index contributed by atoms with van der Waals surface area (Å²) in [6.45, 7) is 7.73. The summed E-state index contributed by atoms with van der Waals surface area (Å²) >= 11 is 0. The van der Waals surface area contributed by atoms with Crippen LogP contribution in [0, 0.1) is 5.92 Å². The Morgan fingerprint density at radius 2 is 1.74 bits per heavy atom. The Morgan fingerprint density at radius 3 is 2.44 bits per heavy atom. The number of hydrogen-bond acceptors (Lipinski definition) is 8. The zero-order valence-electron chi connectivity index (χ0n) is 22.4. The maximum absolute atomic E-state index is 14.3. The second-order valence-corrected chi connectivity index (χ2v) is 11.2. The van der Waals surface area contributed by atoms with Gasteiger partial charge >= 0.3 is 5.97 Å². The predicted molar refractivity (Wildman–Crippen MR) is 148 cm³/mol. The van der Waals surface area contributed by atoms with E-state index in [1.807, 2.05) is 13.8 Å². The van der Waals surface area contributed by atoms with Crippen LogP contribution in [0.2, 0.25) is 0 Å². The number of para-hydroxylation sites is 2. The third-order valence-corrected chi connectivity index (χ3v) is 7.95. The van der Waals surface area contributed by atoms with Crippen molar-refractivity contribution in [1.82, 2.24) is 9.29 Å². The van der Waals surface area contributed by atoms with Gasteiger partial charge in [0, 0.05) is 11.9 Å². The summed E-state index contributed by atoms with van der Waals surface area (Å²) in [6, 6.07) is 13.0. The quantitative estimate of drug-likeness (QED) is 0.206. The SMILES string of the molecule is CCOC(=O)/C=C(\OCC)C1(c2c(O)c3ccccc3n(CCC(C)C)c2=O)Nc2ccccc2S(=O)(=O)N1. The molecule has 1 atom stereocenters. The summed E-state index contributed by atoms with van der Waals surface area (Å²) in [7, 11) is -4.28. The van der Waals surface area contributed by atoms with E-state index in [0.717, 1.165) is 6.08 Å². The van der Waals surface area contributed by atoms with Crippen molar-refractivity contribution in [2.24, 2.45) is 5.92 Å². The molecule has 2 heterocycles. The largest absolute Gasteiger partial charge is 0.507 e. The number of carbonyl (C=O) groups is 1. The van der Waals surface area contributed by atoms with Crippen LogP contribution in [-0.2, 0) is 36.5 Å². The first-order chi connectivity index (χ1) is 18.6. The molecule has 0 amide bonds. The highest BCUT2D eigenvalue weighted by molar-refractivity contribution is 7.89. The second-order valence-electron chi connectivity index (χ2n) is 9.55. The van der Waals surface area contributed by atoms with Gasteiger partial charge in [0.25, 0.3) is 5.56 Å². The first-order valence-electron chi connectivity index (χ1n) is 12.8. The summed E-state index contributed by atoms with van der Waals surface area (Å²) in [5.41, 5.74) is -2.50. The average Bonchev–Trinajstić information content (AvgIpc) is 2.88. The number of aromatic hydroxyl groups is 1. The maximum atomic E-state index is 14.3. The minimum Gasteiger partial charge on any atom is -0.507 e. The highest BCUT2D eigenvalue weighted by Crippen LogP contribution is 2.43. The maximum Gasteiger partial charge on any atom is 0.334 e. The van der Waals surface area contributed by atoms with Crippen LogP contribution >= 0.6 is 0 Å². The Kier molecular flexibility index (Phi) is 8.03. The summed E-state index contributed by atoms with van der Waals surface area (Å²) in [5, 5.41) is 15.1. The summed E-state index contributed by atoms with van der Waals surface area (Å²) in [6.07, 6.45) is 1.64. The number of benzene rings is 2. The number of pyridine rings is 1. The number of nitrogens with zero attached hydrogens (tertiary/aromatic N) is 1. The number of sulfonamides is 1. The van der Waals surface area contributed by atoms with E-state index < -0.39 is 33.0 Å². The molecule has 0 aliphatic carbocycles. The smallest absolute Gasteiger partial charge is 0.334 e. The minimum absolute atomic E-state index is 0.0218. The standard InChI is InChI=1S/C28H33N3O7S/c1-5-37-23(17-24(32)38-6-2)28(29-20-12-8-10-14-22(20)39(35,36)30-28)25-26(33)19-11-7-9-13-21(19)31(27(25)34)16-15-18(3)4/h7-14,17-18,29-30,33H,5-6,15-16H2,1-4H3/b23-17-. The predicted octanol–water partition coefficient (Wildman–Crippen LogP) is 3.79. The molecule has 11 heteroatoms. The van der Waals surface area contributed by atoms with Crippen molar-refractivity contribution >= 4 is 32.6 Å². The highest BCUT2D eigenvalue weighted by atomic mass is 32.2. The number of fused-ring (bicyclic) bond motifs is 2. The average molecular weight is 556 g/mol. The molecule has 3 N–H and O–H groups in total. The lowest BCUT2D eigenvalue weighted by Crippen LogP contribution is -2.59. The fraction of sp³-hybridized carbons (Fsp3) is 0.357. The molecule has 0 radical (unpaired) electrons. The Hall–Kier alpha value is -3.83. The topological polar surface area (TPSA) is 136 Å². The summed E-state index contributed by atoms with van der Waals surface area (Å²) in [4.78, 5) is 26.9.